The van der Waals surface area contributed by atoms with Crippen LogP contribution < -0.4 is 0 Å². The number of rotatable bonds is 4. The molecule has 2 aliphatic heterocycles. The second kappa shape index (κ2) is 7.96. The summed E-state index contributed by atoms with van der Waals surface area (Å²) in [5.74, 6) is 0.0182. The molecular formula is C19H25N3O3. The van der Waals surface area contributed by atoms with Crippen molar-refractivity contribution in [1.29, 1.82) is 5.26 Å². The van der Waals surface area contributed by atoms with Crippen molar-refractivity contribution in [1.82, 2.24) is 9.80 Å². The molecule has 3 rings (SSSR count). The molecule has 1 aromatic rings. The van der Waals surface area contributed by atoms with Crippen LogP contribution in [0.4, 0.5) is 0 Å². The van der Waals surface area contributed by atoms with E-state index in [0.717, 1.165) is 39.2 Å². The molecule has 6 heteroatoms. The van der Waals surface area contributed by atoms with Gasteiger partial charge >= 0.3 is 0 Å². The fraction of sp³-hybridized carbons (Fsp3) is 0.579. The molecule has 0 N–H and O–H groups in total. The van der Waals surface area contributed by atoms with Crippen molar-refractivity contribution < 1.29 is 14.3 Å². The smallest absolute Gasteiger partial charge is 0.253 e. The van der Waals surface area contributed by atoms with E-state index in [1.165, 1.54) is 0 Å². The number of carbonyl (C=O) groups is 1. The zero-order valence-corrected chi connectivity index (χ0v) is 14.7. The van der Waals surface area contributed by atoms with Crippen LogP contribution in [0.3, 0.4) is 0 Å². The van der Waals surface area contributed by atoms with Gasteiger partial charge in [-0.15, -0.1) is 0 Å². The highest BCUT2D eigenvalue weighted by Crippen LogP contribution is 2.33. The van der Waals surface area contributed by atoms with Crippen LogP contribution in [0.25, 0.3) is 0 Å². The number of likely N-dealkylation sites (tertiary alicyclic amines) is 1. The summed E-state index contributed by atoms with van der Waals surface area (Å²) >= 11 is 0. The van der Waals surface area contributed by atoms with E-state index in [2.05, 4.69) is 11.0 Å². The SMILES string of the molecule is COCCN1CCC2(COCCN(C(=O)c3ccc(C#N)cc3)C2)C1. The fourth-order valence-corrected chi connectivity index (χ4v) is 3.72. The van der Waals surface area contributed by atoms with Crippen molar-refractivity contribution in [2.45, 2.75) is 6.42 Å². The number of hydrogen-bond donors (Lipinski definition) is 0. The highest BCUT2D eigenvalue weighted by molar-refractivity contribution is 5.94. The van der Waals surface area contributed by atoms with E-state index in [4.69, 9.17) is 14.7 Å². The van der Waals surface area contributed by atoms with E-state index >= 15 is 0 Å². The summed E-state index contributed by atoms with van der Waals surface area (Å²) in [5, 5.41) is 8.90. The maximum Gasteiger partial charge on any atom is 0.253 e. The number of benzene rings is 1. The Morgan fingerprint density at radius 2 is 2.12 bits per heavy atom. The summed E-state index contributed by atoms with van der Waals surface area (Å²) in [7, 11) is 1.72. The molecule has 0 bridgehead atoms. The quantitative estimate of drug-likeness (QED) is 0.826. The number of hydrogen-bond acceptors (Lipinski definition) is 5. The maximum absolute atomic E-state index is 12.9. The van der Waals surface area contributed by atoms with Gasteiger partial charge in [-0.25, -0.2) is 0 Å². The minimum Gasteiger partial charge on any atom is -0.383 e. The van der Waals surface area contributed by atoms with E-state index in [1.54, 1.807) is 31.4 Å². The first kappa shape index (κ1) is 17.9. The molecule has 0 aromatic heterocycles. The van der Waals surface area contributed by atoms with Crippen molar-refractivity contribution in [2.75, 3.05) is 59.7 Å². The number of methoxy groups -OCH3 is 1. The average molecular weight is 343 g/mol. The van der Waals surface area contributed by atoms with Gasteiger partial charge in [0.1, 0.15) is 0 Å². The topological polar surface area (TPSA) is 65.8 Å². The van der Waals surface area contributed by atoms with Gasteiger partial charge in [0.15, 0.2) is 0 Å². The van der Waals surface area contributed by atoms with E-state index in [-0.39, 0.29) is 11.3 Å². The van der Waals surface area contributed by atoms with Crippen LogP contribution in [-0.4, -0.2) is 75.4 Å². The molecule has 0 saturated carbocycles. The molecule has 2 fully saturated rings. The standard InChI is InChI=1S/C19H25N3O3/c1-24-10-8-21-7-6-19(13-21)14-22(9-11-25-15-19)18(23)17-4-2-16(12-20)3-5-17/h2-5H,6-11,13-15H2,1H3. The summed E-state index contributed by atoms with van der Waals surface area (Å²) < 4.78 is 11.0. The molecule has 1 atom stereocenters. The van der Waals surface area contributed by atoms with Crippen LogP contribution in [0.2, 0.25) is 0 Å². The molecule has 134 valence electrons. The van der Waals surface area contributed by atoms with Gasteiger partial charge < -0.3 is 19.3 Å². The second-order valence-corrected chi connectivity index (χ2v) is 6.99. The predicted molar refractivity (Wildman–Crippen MR) is 93.2 cm³/mol. The van der Waals surface area contributed by atoms with Gasteiger partial charge in [0, 0.05) is 44.3 Å². The monoisotopic (exact) mass is 343 g/mol. The minimum atomic E-state index is 0.00644. The molecule has 2 heterocycles. The molecule has 1 aromatic carbocycles. The lowest BCUT2D eigenvalue weighted by atomic mass is 9.87. The van der Waals surface area contributed by atoms with Crippen LogP contribution in [-0.2, 0) is 9.47 Å². The third-order valence-electron chi connectivity index (χ3n) is 5.12. The van der Waals surface area contributed by atoms with E-state index in [0.29, 0.717) is 30.9 Å². The summed E-state index contributed by atoms with van der Waals surface area (Å²) in [6.07, 6.45) is 1.04. The van der Waals surface area contributed by atoms with Crippen LogP contribution in [0.1, 0.15) is 22.3 Å². The molecule has 2 saturated heterocycles. The fourth-order valence-electron chi connectivity index (χ4n) is 3.72. The Hall–Kier alpha value is -1.94. The largest absolute Gasteiger partial charge is 0.383 e. The highest BCUT2D eigenvalue weighted by Gasteiger charge is 2.42. The molecule has 25 heavy (non-hydrogen) atoms. The molecule has 1 spiro atoms. The third kappa shape index (κ3) is 4.18. The van der Waals surface area contributed by atoms with Gasteiger partial charge in [-0.3, -0.25) is 4.79 Å². The van der Waals surface area contributed by atoms with E-state index in [1.807, 2.05) is 4.90 Å². The maximum atomic E-state index is 12.9. The summed E-state index contributed by atoms with van der Waals surface area (Å²) in [4.78, 5) is 17.2. The zero-order valence-electron chi connectivity index (χ0n) is 14.7. The predicted octanol–water partition coefficient (Wildman–Crippen LogP) is 1.37. The lowest BCUT2D eigenvalue weighted by molar-refractivity contribution is 0.0629. The van der Waals surface area contributed by atoms with Gasteiger partial charge in [-0.05, 0) is 37.2 Å². The molecule has 1 amide bonds. The zero-order chi connectivity index (χ0) is 17.7. The Kier molecular flexibility index (Phi) is 5.69. The average Bonchev–Trinajstić information content (AvgIpc) is 2.92. The Morgan fingerprint density at radius 3 is 2.84 bits per heavy atom. The van der Waals surface area contributed by atoms with Gasteiger partial charge in [0.05, 0.1) is 31.5 Å². The number of carbonyl (C=O) groups excluding carboxylic acids is 1. The van der Waals surface area contributed by atoms with Crippen LogP contribution >= 0.6 is 0 Å². The van der Waals surface area contributed by atoms with Crippen LogP contribution in [0, 0.1) is 16.7 Å². The normalized spacial score (nSPS) is 24.2. The van der Waals surface area contributed by atoms with E-state index in [9.17, 15) is 4.79 Å². The molecular weight excluding hydrogens is 318 g/mol. The summed E-state index contributed by atoms with van der Waals surface area (Å²) in [5.41, 5.74) is 1.20. The Bertz CT molecular complexity index is 640. The highest BCUT2D eigenvalue weighted by atomic mass is 16.5. The molecule has 6 nitrogen and oxygen atoms in total. The van der Waals surface area contributed by atoms with Gasteiger partial charge in [-0.1, -0.05) is 0 Å². The molecule has 0 radical (unpaired) electrons. The first-order chi connectivity index (χ1) is 12.2. The van der Waals surface area contributed by atoms with Crippen LogP contribution in [0.5, 0.6) is 0 Å². The van der Waals surface area contributed by atoms with E-state index < -0.39 is 0 Å². The number of nitrogens with zero attached hydrogens (tertiary/aromatic N) is 3. The molecule has 0 aliphatic carbocycles. The summed E-state index contributed by atoms with van der Waals surface area (Å²) in [6, 6.07) is 8.94. The first-order valence-electron chi connectivity index (χ1n) is 8.74. The Labute approximate surface area is 148 Å². The minimum absolute atomic E-state index is 0.00644. The Balaban J connectivity index is 1.69. The van der Waals surface area contributed by atoms with Crippen molar-refractivity contribution in [3.63, 3.8) is 0 Å². The molecule has 1 unspecified atom stereocenters. The van der Waals surface area contributed by atoms with Crippen LogP contribution in [0.15, 0.2) is 24.3 Å². The van der Waals surface area contributed by atoms with Crippen molar-refractivity contribution >= 4 is 5.91 Å². The number of ether oxygens (including phenoxy) is 2. The van der Waals surface area contributed by atoms with Crippen molar-refractivity contribution in [3.05, 3.63) is 35.4 Å². The summed E-state index contributed by atoms with van der Waals surface area (Å²) in [6.45, 7) is 6.20. The van der Waals surface area contributed by atoms with Crippen molar-refractivity contribution in [3.8, 4) is 6.07 Å². The Morgan fingerprint density at radius 1 is 1.32 bits per heavy atom. The van der Waals surface area contributed by atoms with Gasteiger partial charge in [-0.2, -0.15) is 5.26 Å². The van der Waals surface area contributed by atoms with Gasteiger partial charge in [0.2, 0.25) is 0 Å². The number of nitriles is 1. The third-order valence-corrected chi connectivity index (χ3v) is 5.12. The lowest BCUT2D eigenvalue weighted by Crippen LogP contribution is -2.43. The van der Waals surface area contributed by atoms with Crippen molar-refractivity contribution in [2.24, 2.45) is 5.41 Å². The lowest BCUT2D eigenvalue weighted by Gasteiger charge is -2.32. The van der Waals surface area contributed by atoms with Gasteiger partial charge in [0.25, 0.3) is 5.91 Å². The second-order valence-electron chi connectivity index (χ2n) is 6.99. The number of amides is 1. The first-order valence-corrected chi connectivity index (χ1v) is 8.74. The molecule has 2 aliphatic rings.